The van der Waals surface area contributed by atoms with Gasteiger partial charge in [-0.3, -0.25) is 0 Å². The number of halogens is 1. The minimum absolute atomic E-state index is 0.687. The van der Waals surface area contributed by atoms with Crippen molar-refractivity contribution in [1.29, 1.82) is 0 Å². The SMILES string of the molecule is [O-][Cl+3]([O-])([O-])OP(C=C1CCCC1)(c1ccccc1)(c1ccccc1)c1ccccc1. The van der Waals surface area contributed by atoms with Crippen LogP contribution in [0.1, 0.15) is 25.7 Å². The predicted molar refractivity (Wildman–Crippen MR) is 113 cm³/mol. The maximum absolute atomic E-state index is 12.3. The maximum atomic E-state index is 12.3. The van der Waals surface area contributed by atoms with Gasteiger partial charge in [0.2, 0.25) is 0 Å². The Morgan fingerprint density at radius 1 is 0.633 bits per heavy atom. The van der Waals surface area contributed by atoms with E-state index in [1.54, 1.807) is 0 Å². The summed E-state index contributed by atoms with van der Waals surface area (Å²) in [6, 6.07) is 27.9. The van der Waals surface area contributed by atoms with Crippen molar-refractivity contribution in [3.8, 4) is 0 Å². The fourth-order valence-electron chi connectivity index (χ4n) is 4.46. The van der Waals surface area contributed by atoms with E-state index in [4.69, 9.17) is 4.08 Å². The third-order valence-electron chi connectivity index (χ3n) is 5.71. The van der Waals surface area contributed by atoms with Crippen molar-refractivity contribution in [1.82, 2.24) is 0 Å². The summed E-state index contributed by atoms with van der Waals surface area (Å²) in [7, 11) is -4.73. The molecule has 0 radical (unpaired) electrons. The van der Waals surface area contributed by atoms with Crippen LogP contribution < -0.4 is 29.9 Å². The Hall–Kier alpha value is -2.04. The molecule has 1 saturated carbocycles. The van der Waals surface area contributed by atoms with E-state index in [0.717, 1.165) is 31.3 Å². The van der Waals surface area contributed by atoms with Crippen LogP contribution in [0.4, 0.5) is 0 Å². The van der Waals surface area contributed by atoms with Gasteiger partial charge in [-0.1, -0.05) is 0 Å². The third kappa shape index (κ3) is 3.72. The number of hydrogen-bond acceptors (Lipinski definition) is 4. The number of hydrogen-bond donors (Lipinski definition) is 0. The predicted octanol–water partition coefficient (Wildman–Crippen LogP) is 1.80. The fraction of sp³-hybridized carbons (Fsp3) is 0.167. The van der Waals surface area contributed by atoms with Crippen molar-refractivity contribution in [3.63, 3.8) is 0 Å². The summed E-state index contributed by atoms with van der Waals surface area (Å²) < 4.78 is 42.9. The van der Waals surface area contributed by atoms with E-state index in [1.165, 1.54) is 0 Å². The molecule has 3 aromatic rings. The van der Waals surface area contributed by atoms with Crippen molar-refractivity contribution >= 4 is 22.7 Å². The molecule has 30 heavy (non-hydrogen) atoms. The average molecular weight is 443 g/mol. The van der Waals surface area contributed by atoms with Crippen molar-refractivity contribution in [2.75, 3.05) is 0 Å². The zero-order valence-corrected chi connectivity index (χ0v) is 18.2. The summed E-state index contributed by atoms with van der Waals surface area (Å²) in [6.45, 7) is -4.27. The molecule has 0 unspecified atom stereocenters. The molecule has 0 saturated heterocycles. The molecule has 0 N–H and O–H groups in total. The number of benzene rings is 3. The average Bonchev–Trinajstić information content (AvgIpc) is 3.27. The second-order valence-electron chi connectivity index (χ2n) is 7.55. The molecule has 4 rings (SSSR count). The Morgan fingerprint density at radius 2 is 1.00 bits per heavy atom. The first kappa shape index (κ1) is 21.2. The van der Waals surface area contributed by atoms with Crippen LogP contribution in [-0.4, -0.2) is 0 Å². The first-order valence-electron chi connectivity index (χ1n) is 9.96. The Bertz CT molecular complexity index is 910. The van der Waals surface area contributed by atoms with Gasteiger partial charge in [0, 0.05) is 0 Å². The van der Waals surface area contributed by atoms with Crippen LogP contribution in [0.2, 0.25) is 0 Å². The quantitative estimate of drug-likeness (QED) is 0.545. The molecule has 0 aromatic heterocycles. The Labute approximate surface area is 179 Å². The Balaban J connectivity index is 2.22. The topological polar surface area (TPSA) is 78.4 Å². The molecule has 0 atom stereocenters. The summed E-state index contributed by atoms with van der Waals surface area (Å²) in [6.07, 6.45) is 3.81. The van der Waals surface area contributed by atoms with Gasteiger partial charge in [0.25, 0.3) is 0 Å². The molecule has 1 aliphatic carbocycles. The molecule has 0 heterocycles. The van der Waals surface area contributed by atoms with E-state index >= 15 is 0 Å². The molecule has 0 bridgehead atoms. The van der Waals surface area contributed by atoms with E-state index in [0.29, 0.717) is 15.9 Å². The minimum atomic E-state index is -4.73. The summed E-state index contributed by atoms with van der Waals surface area (Å²) in [5, 5.41) is 2.06. The summed E-state index contributed by atoms with van der Waals surface area (Å²) in [5.74, 6) is 2.00. The molecule has 6 heteroatoms. The molecule has 0 aliphatic heterocycles. The first-order valence-corrected chi connectivity index (χ1v) is 13.4. The molecular weight excluding hydrogens is 419 g/mol. The van der Waals surface area contributed by atoms with Gasteiger partial charge in [-0.25, -0.2) is 0 Å². The zero-order valence-electron chi connectivity index (χ0n) is 16.5. The van der Waals surface area contributed by atoms with Crippen molar-refractivity contribution < 1.29 is 28.3 Å². The van der Waals surface area contributed by atoms with Crippen molar-refractivity contribution in [3.05, 3.63) is 102 Å². The van der Waals surface area contributed by atoms with Crippen LogP contribution in [0.15, 0.2) is 102 Å². The van der Waals surface area contributed by atoms with E-state index in [1.807, 2.05) is 96.8 Å². The Kier molecular flexibility index (Phi) is 5.82. The molecular formula is C24H24ClO4P. The molecule has 0 spiro atoms. The summed E-state index contributed by atoms with van der Waals surface area (Å²) in [4.78, 5) is 0. The fourth-order valence-corrected chi connectivity index (χ4v) is 11.6. The molecule has 1 fully saturated rings. The van der Waals surface area contributed by atoms with Gasteiger partial charge in [-0.2, -0.15) is 0 Å². The Morgan fingerprint density at radius 3 is 1.33 bits per heavy atom. The van der Waals surface area contributed by atoms with Crippen LogP contribution in [0.3, 0.4) is 0 Å². The van der Waals surface area contributed by atoms with Crippen LogP contribution in [0, 0.1) is 10.2 Å². The second kappa shape index (κ2) is 8.24. The van der Waals surface area contributed by atoms with E-state index in [2.05, 4.69) is 0 Å². The first-order chi connectivity index (χ1) is 14.4. The van der Waals surface area contributed by atoms with Gasteiger partial charge in [0.1, 0.15) is 0 Å². The van der Waals surface area contributed by atoms with Gasteiger partial charge in [-0.15, -0.1) is 0 Å². The van der Waals surface area contributed by atoms with Crippen LogP contribution in [0.25, 0.3) is 0 Å². The van der Waals surface area contributed by atoms with Crippen molar-refractivity contribution in [2.24, 2.45) is 0 Å². The second-order valence-corrected chi connectivity index (χ2v) is 12.9. The zero-order chi connectivity index (χ0) is 21.1. The summed E-state index contributed by atoms with van der Waals surface area (Å²) >= 11 is 0. The number of rotatable bonds is 6. The van der Waals surface area contributed by atoms with Gasteiger partial charge in [-0.05, 0) is 0 Å². The van der Waals surface area contributed by atoms with E-state index in [-0.39, 0.29) is 0 Å². The monoisotopic (exact) mass is 442 g/mol. The van der Waals surface area contributed by atoms with E-state index < -0.39 is 17.1 Å². The van der Waals surface area contributed by atoms with Gasteiger partial charge in [0.15, 0.2) is 0 Å². The number of allylic oxidation sites excluding steroid dienone is 1. The van der Waals surface area contributed by atoms with Crippen molar-refractivity contribution in [2.45, 2.75) is 25.7 Å². The van der Waals surface area contributed by atoms with Gasteiger partial charge < -0.3 is 0 Å². The standard InChI is InChI=1S/C24H24ClO4P/c26-25(27,28)29-30(20-21-12-10-11-13-21,22-14-4-1-5-15-22,23-16-6-2-7-17-23)24-18-8-3-9-19-24/h1-9,14-20H,10-13H2. The van der Waals surface area contributed by atoms with Gasteiger partial charge in [0.05, 0.1) is 0 Å². The van der Waals surface area contributed by atoms with E-state index in [9.17, 15) is 14.0 Å². The molecule has 3 aromatic carbocycles. The van der Waals surface area contributed by atoms with Gasteiger partial charge >= 0.3 is 179 Å². The third-order valence-corrected chi connectivity index (χ3v) is 12.4. The molecule has 1 aliphatic rings. The van der Waals surface area contributed by atoms with Crippen LogP contribution >= 0.6 is 6.83 Å². The molecule has 0 amide bonds. The van der Waals surface area contributed by atoms with Crippen LogP contribution in [-0.2, 0) is 4.08 Å². The normalized spacial score (nSPS) is 16.1. The van der Waals surface area contributed by atoms with Crippen LogP contribution in [0.5, 0.6) is 0 Å². The summed E-state index contributed by atoms with van der Waals surface area (Å²) in [5.41, 5.74) is 1.13. The molecule has 156 valence electrons. The molecule has 4 nitrogen and oxygen atoms in total.